The zero-order valence-electron chi connectivity index (χ0n) is 10.3. The summed E-state index contributed by atoms with van der Waals surface area (Å²) in [5, 5.41) is 0. The minimum atomic E-state index is -0.351. The van der Waals surface area contributed by atoms with Gasteiger partial charge in [0.15, 0.2) is 0 Å². The second-order valence-corrected chi connectivity index (χ2v) is 4.61. The van der Waals surface area contributed by atoms with Crippen molar-refractivity contribution in [3.63, 3.8) is 0 Å². The van der Waals surface area contributed by atoms with Crippen molar-refractivity contribution in [1.82, 2.24) is 0 Å². The maximum atomic E-state index is 6.48. The van der Waals surface area contributed by atoms with E-state index in [9.17, 15) is 0 Å². The average molecular weight is 225 g/mol. The first-order chi connectivity index (χ1) is 8.17. The summed E-state index contributed by atoms with van der Waals surface area (Å²) in [6, 6.07) is 6.36. The van der Waals surface area contributed by atoms with Gasteiger partial charge in [0.2, 0.25) is 0 Å². The molecule has 0 amide bonds. The van der Waals surface area contributed by atoms with Crippen LogP contribution in [-0.2, 0) is 12.0 Å². The van der Waals surface area contributed by atoms with Crippen molar-refractivity contribution in [3.8, 4) is 0 Å². The van der Waals surface area contributed by atoms with Gasteiger partial charge < -0.3 is 5.73 Å². The standard InChI is InChI=1S/C16H19N/c1-3-8-14-9-7-10-15(13(14)2)16(17)11-5-4-6-12-16/h3-7,9-11H,1,8,12,17H2,2H3. The van der Waals surface area contributed by atoms with Gasteiger partial charge in [0.05, 0.1) is 5.54 Å². The zero-order chi connectivity index (χ0) is 12.3. The molecule has 1 nitrogen and oxygen atoms in total. The number of hydrogen-bond donors (Lipinski definition) is 1. The SMILES string of the molecule is C=CCc1cccc(C2(N)C=CC=CC2)c1C. The van der Waals surface area contributed by atoms with E-state index in [0.29, 0.717) is 0 Å². The van der Waals surface area contributed by atoms with Crippen LogP contribution in [0.1, 0.15) is 23.1 Å². The van der Waals surface area contributed by atoms with Crippen LogP contribution in [0.2, 0.25) is 0 Å². The molecule has 1 unspecified atom stereocenters. The van der Waals surface area contributed by atoms with Gasteiger partial charge in [0, 0.05) is 0 Å². The molecule has 0 spiro atoms. The fraction of sp³-hybridized carbons (Fsp3) is 0.250. The smallest absolute Gasteiger partial charge is 0.0636 e. The van der Waals surface area contributed by atoms with E-state index in [-0.39, 0.29) is 5.54 Å². The second-order valence-electron chi connectivity index (χ2n) is 4.61. The quantitative estimate of drug-likeness (QED) is 0.784. The molecule has 0 saturated carbocycles. The van der Waals surface area contributed by atoms with Crippen LogP contribution in [0.5, 0.6) is 0 Å². The van der Waals surface area contributed by atoms with Crippen LogP contribution in [0, 0.1) is 6.92 Å². The first-order valence-corrected chi connectivity index (χ1v) is 6.00. The van der Waals surface area contributed by atoms with Gasteiger partial charge in [0.1, 0.15) is 0 Å². The lowest BCUT2D eigenvalue weighted by Gasteiger charge is -2.29. The van der Waals surface area contributed by atoms with Crippen LogP contribution in [0.3, 0.4) is 0 Å². The van der Waals surface area contributed by atoms with Crippen molar-refractivity contribution in [2.24, 2.45) is 5.73 Å². The summed E-state index contributed by atoms with van der Waals surface area (Å²) in [5.41, 5.74) is 9.95. The minimum absolute atomic E-state index is 0.351. The Morgan fingerprint density at radius 2 is 2.24 bits per heavy atom. The van der Waals surface area contributed by atoms with Gasteiger partial charge in [-0.25, -0.2) is 0 Å². The van der Waals surface area contributed by atoms with Crippen LogP contribution in [0.4, 0.5) is 0 Å². The van der Waals surface area contributed by atoms with Gasteiger partial charge in [-0.15, -0.1) is 6.58 Å². The molecule has 0 aliphatic heterocycles. The molecule has 1 heteroatoms. The van der Waals surface area contributed by atoms with Gasteiger partial charge in [-0.2, -0.15) is 0 Å². The van der Waals surface area contributed by atoms with Gasteiger partial charge in [0.25, 0.3) is 0 Å². The molecule has 88 valence electrons. The van der Waals surface area contributed by atoms with Crippen molar-refractivity contribution in [2.45, 2.75) is 25.3 Å². The Morgan fingerprint density at radius 1 is 1.41 bits per heavy atom. The van der Waals surface area contributed by atoms with Crippen molar-refractivity contribution in [3.05, 3.63) is 71.8 Å². The third-order valence-electron chi connectivity index (χ3n) is 3.41. The lowest BCUT2D eigenvalue weighted by atomic mass is 9.81. The molecule has 1 aromatic rings. The summed E-state index contributed by atoms with van der Waals surface area (Å²) >= 11 is 0. The van der Waals surface area contributed by atoms with Crippen LogP contribution in [0.25, 0.3) is 0 Å². The number of nitrogens with two attached hydrogens (primary N) is 1. The number of allylic oxidation sites excluding steroid dienone is 3. The predicted octanol–water partition coefficient (Wildman–Crippen LogP) is 3.39. The molecule has 1 aliphatic carbocycles. The molecule has 2 rings (SSSR count). The highest BCUT2D eigenvalue weighted by Crippen LogP contribution is 2.31. The van der Waals surface area contributed by atoms with E-state index >= 15 is 0 Å². The molecule has 0 bridgehead atoms. The largest absolute Gasteiger partial charge is 0.318 e. The molecule has 1 aromatic carbocycles. The zero-order valence-corrected chi connectivity index (χ0v) is 10.3. The van der Waals surface area contributed by atoms with Crippen LogP contribution in [-0.4, -0.2) is 0 Å². The molecule has 17 heavy (non-hydrogen) atoms. The molecule has 0 saturated heterocycles. The Balaban J connectivity index is 2.45. The number of benzene rings is 1. The van der Waals surface area contributed by atoms with E-state index < -0.39 is 0 Å². The van der Waals surface area contributed by atoms with Gasteiger partial charge in [-0.05, 0) is 36.5 Å². The van der Waals surface area contributed by atoms with E-state index in [4.69, 9.17) is 5.73 Å². The van der Waals surface area contributed by atoms with Crippen molar-refractivity contribution < 1.29 is 0 Å². The summed E-state index contributed by atoms with van der Waals surface area (Å²) in [5.74, 6) is 0. The second kappa shape index (κ2) is 4.72. The van der Waals surface area contributed by atoms with E-state index in [1.807, 2.05) is 18.2 Å². The molecule has 1 atom stereocenters. The third kappa shape index (κ3) is 2.25. The van der Waals surface area contributed by atoms with Gasteiger partial charge in [-0.1, -0.05) is 48.6 Å². The Hall–Kier alpha value is -1.60. The lowest BCUT2D eigenvalue weighted by molar-refractivity contribution is 0.561. The van der Waals surface area contributed by atoms with E-state index in [1.165, 1.54) is 16.7 Å². The van der Waals surface area contributed by atoms with Crippen LogP contribution >= 0.6 is 0 Å². The molecular weight excluding hydrogens is 206 g/mol. The molecule has 0 radical (unpaired) electrons. The fourth-order valence-corrected chi connectivity index (χ4v) is 2.40. The Kier molecular flexibility index (Phi) is 3.30. The Bertz CT molecular complexity index is 482. The van der Waals surface area contributed by atoms with E-state index in [0.717, 1.165) is 12.8 Å². The van der Waals surface area contributed by atoms with Gasteiger partial charge >= 0.3 is 0 Å². The Labute approximate surface area is 103 Å². The fourth-order valence-electron chi connectivity index (χ4n) is 2.40. The normalized spacial score (nSPS) is 22.7. The highest BCUT2D eigenvalue weighted by atomic mass is 14.7. The average Bonchev–Trinajstić information content (AvgIpc) is 2.33. The molecule has 0 fully saturated rings. The van der Waals surface area contributed by atoms with Crippen molar-refractivity contribution in [1.29, 1.82) is 0 Å². The van der Waals surface area contributed by atoms with Crippen molar-refractivity contribution >= 4 is 0 Å². The molecule has 2 N–H and O–H groups in total. The third-order valence-corrected chi connectivity index (χ3v) is 3.41. The Morgan fingerprint density at radius 3 is 2.88 bits per heavy atom. The van der Waals surface area contributed by atoms with Crippen LogP contribution < -0.4 is 5.73 Å². The lowest BCUT2D eigenvalue weighted by Crippen LogP contribution is -2.35. The first kappa shape index (κ1) is 11.9. The predicted molar refractivity (Wildman–Crippen MR) is 73.8 cm³/mol. The minimum Gasteiger partial charge on any atom is -0.318 e. The summed E-state index contributed by atoms with van der Waals surface area (Å²) < 4.78 is 0. The van der Waals surface area contributed by atoms with E-state index in [2.05, 4.69) is 43.9 Å². The maximum absolute atomic E-state index is 6.48. The summed E-state index contributed by atoms with van der Waals surface area (Å²) in [6.07, 6.45) is 12.0. The van der Waals surface area contributed by atoms with Crippen LogP contribution in [0.15, 0.2) is 55.2 Å². The topological polar surface area (TPSA) is 26.0 Å². The molecule has 1 aliphatic rings. The summed E-state index contributed by atoms with van der Waals surface area (Å²) in [7, 11) is 0. The maximum Gasteiger partial charge on any atom is 0.0636 e. The first-order valence-electron chi connectivity index (χ1n) is 6.00. The summed E-state index contributed by atoms with van der Waals surface area (Å²) in [4.78, 5) is 0. The number of hydrogen-bond acceptors (Lipinski definition) is 1. The summed E-state index contributed by atoms with van der Waals surface area (Å²) in [6.45, 7) is 5.95. The van der Waals surface area contributed by atoms with Crippen molar-refractivity contribution in [2.75, 3.05) is 0 Å². The monoisotopic (exact) mass is 225 g/mol. The molecule has 0 heterocycles. The highest BCUT2D eigenvalue weighted by molar-refractivity contribution is 5.43. The van der Waals surface area contributed by atoms with Gasteiger partial charge in [-0.3, -0.25) is 0 Å². The highest BCUT2D eigenvalue weighted by Gasteiger charge is 2.26. The molecule has 0 aromatic heterocycles. The molecular formula is C16H19N. The number of rotatable bonds is 3. The van der Waals surface area contributed by atoms with E-state index in [1.54, 1.807) is 0 Å².